The SMILES string of the molecule is CN(C)C(=O)C(c1ccccc1)n1ccnc1-c1cc2n(n1)CCCNC2. The monoisotopic (exact) mass is 364 g/mol. The number of imidazole rings is 1. The van der Waals surface area contributed by atoms with Crippen LogP contribution in [-0.2, 0) is 17.9 Å². The van der Waals surface area contributed by atoms with Crippen molar-refractivity contribution in [1.82, 2.24) is 29.5 Å². The fourth-order valence-corrected chi connectivity index (χ4v) is 3.49. The zero-order valence-corrected chi connectivity index (χ0v) is 15.7. The fourth-order valence-electron chi connectivity index (χ4n) is 3.49. The van der Waals surface area contributed by atoms with Gasteiger partial charge in [0.15, 0.2) is 5.82 Å². The standard InChI is InChI=1S/C20H24N6O/c1-24(2)20(27)18(15-7-4-3-5-8-15)25-12-10-22-19(25)17-13-16-14-21-9-6-11-26(16)23-17/h3-5,7-8,10,12-13,18,21H,6,9,11,14H2,1-2H3. The number of carbonyl (C=O) groups is 1. The molecule has 1 N–H and O–H groups in total. The van der Waals surface area contributed by atoms with Crippen molar-refractivity contribution in [2.24, 2.45) is 0 Å². The van der Waals surface area contributed by atoms with E-state index in [1.807, 2.05) is 45.8 Å². The Morgan fingerprint density at radius 2 is 2.07 bits per heavy atom. The first-order valence-electron chi connectivity index (χ1n) is 9.22. The van der Waals surface area contributed by atoms with E-state index in [9.17, 15) is 4.79 Å². The van der Waals surface area contributed by atoms with Crippen molar-refractivity contribution in [2.75, 3.05) is 20.6 Å². The molecule has 7 heteroatoms. The number of fused-ring (bicyclic) bond motifs is 1. The average molecular weight is 364 g/mol. The number of aryl methyl sites for hydroxylation is 1. The minimum Gasteiger partial charge on any atom is -0.347 e. The lowest BCUT2D eigenvalue weighted by Crippen LogP contribution is -2.32. The third-order valence-corrected chi connectivity index (χ3v) is 4.86. The molecular formula is C20H24N6O. The van der Waals surface area contributed by atoms with Gasteiger partial charge >= 0.3 is 0 Å². The molecule has 0 radical (unpaired) electrons. The van der Waals surface area contributed by atoms with E-state index in [4.69, 9.17) is 5.10 Å². The Bertz CT molecular complexity index is 904. The van der Waals surface area contributed by atoms with Gasteiger partial charge in [-0.15, -0.1) is 0 Å². The number of nitrogens with zero attached hydrogens (tertiary/aromatic N) is 5. The van der Waals surface area contributed by atoms with Crippen LogP contribution >= 0.6 is 0 Å². The Balaban J connectivity index is 1.78. The summed E-state index contributed by atoms with van der Waals surface area (Å²) in [5, 5.41) is 8.17. The van der Waals surface area contributed by atoms with E-state index in [0.717, 1.165) is 43.0 Å². The van der Waals surface area contributed by atoms with Crippen molar-refractivity contribution in [2.45, 2.75) is 25.6 Å². The summed E-state index contributed by atoms with van der Waals surface area (Å²) in [6.45, 7) is 2.69. The van der Waals surface area contributed by atoms with Gasteiger partial charge in [0.25, 0.3) is 0 Å². The van der Waals surface area contributed by atoms with Crippen molar-refractivity contribution < 1.29 is 4.79 Å². The van der Waals surface area contributed by atoms with Crippen LogP contribution < -0.4 is 5.32 Å². The normalized spacial score (nSPS) is 15.0. The Labute approximate surface area is 158 Å². The molecular weight excluding hydrogens is 340 g/mol. The summed E-state index contributed by atoms with van der Waals surface area (Å²) in [6.07, 6.45) is 4.64. The van der Waals surface area contributed by atoms with Gasteiger partial charge in [-0.2, -0.15) is 5.10 Å². The molecule has 0 aliphatic carbocycles. The highest BCUT2D eigenvalue weighted by atomic mass is 16.2. The van der Waals surface area contributed by atoms with Crippen LogP contribution in [0.2, 0.25) is 0 Å². The van der Waals surface area contributed by atoms with Crippen LogP contribution in [0.1, 0.15) is 23.7 Å². The van der Waals surface area contributed by atoms with E-state index in [2.05, 4.69) is 16.4 Å². The summed E-state index contributed by atoms with van der Waals surface area (Å²) in [7, 11) is 3.55. The number of rotatable bonds is 4. The van der Waals surface area contributed by atoms with Gasteiger partial charge in [0, 0.05) is 39.6 Å². The van der Waals surface area contributed by atoms with Crippen LogP contribution in [-0.4, -0.2) is 50.8 Å². The molecule has 0 saturated heterocycles. The van der Waals surface area contributed by atoms with E-state index in [0.29, 0.717) is 5.82 Å². The Hall–Kier alpha value is -2.93. The molecule has 7 nitrogen and oxygen atoms in total. The van der Waals surface area contributed by atoms with E-state index in [1.54, 1.807) is 25.2 Å². The lowest BCUT2D eigenvalue weighted by molar-refractivity contribution is -0.130. The van der Waals surface area contributed by atoms with Crippen LogP contribution in [0.25, 0.3) is 11.5 Å². The van der Waals surface area contributed by atoms with Gasteiger partial charge in [-0.1, -0.05) is 30.3 Å². The zero-order valence-electron chi connectivity index (χ0n) is 15.7. The second kappa shape index (κ2) is 7.36. The highest BCUT2D eigenvalue weighted by Crippen LogP contribution is 2.27. The Morgan fingerprint density at radius 1 is 1.26 bits per heavy atom. The van der Waals surface area contributed by atoms with Crippen LogP contribution in [0.5, 0.6) is 0 Å². The molecule has 3 heterocycles. The number of carbonyl (C=O) groups excluding carboxylic acids is 1. The highest BCUT2D eigenvalue weighted by molar-refractivity contribution is 5.84. The highest BCUT2D eigenvalue weighted by Gasteiger charge is 2.27. The van der Waals surface area contributed by atoms with Crippen LogP contribution in [0.3, 0.4) is 0 Å². The van der Waals surface area contributed by atoms with Gasteiger partial charge in [0.2, 0.25) is 5.91 Å². The van der Waals surface area contributed by atoms with E-state index in [1.165, 1.54) is 0 Å². The Morgan fingerprint density at radius 3 is 2.85 bits per heavy atom. The molecule has 4 rings (SSSR count). The zero-order chi connectivity index (χ0) is 18.8. The third-order valence-electron chi connectivity index (χ3n) is 4.86. The summed E-state index contributed by atoms with van der Waals surface area (Å²) in [5.41, 5.74) is 2.87. The summed E-state index contributed by atoms with van der Waals surface area (Å²) in [6, 6.07) is 11.4. The molecule has 140 valence electrons. The second-order valence-corrected chi connectivity index (χ2v) is 6.98. The predicted molar refractivity (Wildman–Crippen MR) is 103 cm³/mol. The maximum absolute atomic E-state index is 13.0. The molecule has 1 aliphatic rings. The van der Waals surface area contributed by atoms with Gasteiger partial charge in [0.05, 0.1) is 5.69 Å². The predicted octanol–water partition coefficient (Wildman–Crippen LogP) is 1.92. The summed E-state index contributed by atoms with van der Waals surface area (Å²) >= 11 is 0. The molecule has 1 aliphatic heterocycles. The molecule has 0 fully saturated rings. The van der Waals surface area contributed by atoms with Gasteiger partial charge < -0.3 is 14.8 Å². The van der Waals surface area contributed by atoms with Crippen molar-refractivity contribution in [3.8, 4) is 11.5 Å². The van der Waals surface area contributed by atoms with Crippen molar-refractivity contribution in [3.05, 3.63) is 60.0 Å². The van der Waals surface area contributed by atoms with Crippen LogP contribution in [0, 0.1) is 0 Å². The van der Waals surface area contributed by atoms with Crippen molar-refractivity contribution in [1.29, 1.82) is 0 Å². The maximum Gasteiger partial charge on any atom is 0.249 e. The molecule has 2 aromatic heterocycles. The number of benzene rings is 1. The number of amides is 1. The first-order valence-corrected chi connectivity index (χ1v) is 9.22. The molecule has 1 aromatic carbocycles. The molecule has 3 aromatic rings. The van der Waals surface area contributed by atoms with Crippen LogP contribution in [0.4, 0.5) is 0 Å². The number of hydrogen-bond donors (Lipinski definition) is 1. The third kappa shape index (κ3) is 3.38. The fraction of sp³-hybridized carbons (Fsp3) is 0.350. The summed E-state index contributed by atoms with van der Waals surface area (Å²) in [4.78, 5) is 19.2. The van der Waals surface area contributed by atoms with E-state index in [-0.39, 0.29) is 5.91 Å². The van der Waals surface area contributed by atoms with Crippen LogP contribution in [0.15, 0.2) is 48.8 Å². The summed E-state index contributed by atoms with van der Waals surface area (Å²) in [5.74, 6) is 0.711. The molecule has 0 bridgehead atoms. The van der Waals surface area contributed by atoms with Gasteiger partial charge in [-0.3, -0.25) is 9.48 Å². The smallest absolute Gasteiger partial charge is 0.249 e. The van der Waals surface area contributed by atoms with E-state index >= 15 is 0 Å². The molecule has 1 amide bonds. The molecule has 27 heavy (non-hydrogen) atoms. The summed E-state index contributed by atoms with van der Waals surface area (Å²) < 4.78 is 3.97. The number of nitrogens with one attached hydrogen (secondary N) is 1. The quantitative estimate of drug-likeness (QED) is 0.768. The first kappa shape index (κ1) is 17.5. The lowest BCUT2D eigenvalue weighted by atomic mass is 10.1. The number of aromatic nitrogens is 4. The average Bonchev–Trinajstić information content (AvgIpc) is 3.25. The second-order valence-electron chi connectivity index (χ2n) is 6.98. The van der Waals surface area contributed by atoms with Crippen molar-refractivity contribution >= 4 is 5.91 Å². The molecule has 1 atom stereocenters. The van der Waals surface area contributed by atoms with E-state index < -0.39 is 6.04 Å². The van der Waals surface area contributed by atoms with Crippen molar-refractivity contribution in [3.63, 3.8) is 0 Å². The number of likely N-dealkylation sites (N-methyl/N-ethyl adjacent to an activating group) is 1. The topological polar surface area (TPSA) is 68.0 Å². The van der Waals surface area contributed by atoms with Gasteiger partial charge in [-0.05, 0) is 24.6 Å². The minimum atomic E-state index is -0.474. The van der Waals surface area contributed by atoms with Gasteiger partial charge in [0.1, 0.15) is 11.7 Å². The Kier molecular flexibility index (Phi) is 4.77. The number of hydrogen-bond acceptors (Lipinski definition) is 4. The van der Waals surface area contributed by atoms with Gasteiger partial charge in [-0.25, -0.2) is 4.98 Å². The molecule has 0 spiro atoms. The minimum absolute atomic E-state index is 0.00268. The molecule has 0 saturated carbocycles. The maximum atomic E-state index is 13.0. The largest absolute Gasteiger partial charge is 0.347 e. The molecule has 1 unspecified atom stereocenters. The first-order chi connectivity index (χ1) is 13.1. The lowest BCUT2D eigenvalue weighted by Gasteiger charge is -2.23.